The summed E-state index contributed by atoms with van der Waals surface area (Å²) in [5, 5.41) is 10.9. The molecule has 7 heteroatoms. The largest absolute Gasteiger partial charge is 0.493 e. The summed E-state index contributed by atoms with van der Waals surface area (Å²) in [7, 11) is 4.45. The first-order valence-corrected chi connectivity index (χ1v) is 8.49. The molecule has 27 heavy (non-hydrogen) atoms. The summed E-state index contributed by atoms with van der Waals surface area (Å²) in [6.07, 6.45) is 0.370. The minimum atomic E-state index is -1.20. The lowest BCUT2D eigenvalue weighted by atomic mass is 9.93. The molecule has 0 aliphatic carbocycles. The summed E-state index contributed by atoms with van der Waals surface area (Å²) < 4.78 is 29.0. The molecule has 1 N–H and O–H groups in total. The van der Waals surface area contributed by atoms with Gasteiger partial charge in [0.05, 0.1) is 27.9 Å². The Kier molecular flexibility index (Phi) is 5.23. The molecule has 1 atom stereocenters. The number of methoxy groups -OCH3 is 3. The van der Waals surface area contributed by atoms with Gasteiger partial charge in [-0.05, 0) is 36.2 Å². The van der Waals surface area contributed by atoms with Crippen LogP contribution in [0.2, 0.25) is 0 Å². The van der Waals surface area contributed by atoms with E-state index in [1.54, 1.807) is 29.2 Å². The highest BCUT2D eigenvalue weighted by Gasteiger charge is 2.40. The van der Waals surface area contributed by atoms with Crippen LogP contribution in [-0.4, -0.2) is 50.3 Å². The van der Waals surface area contributed by atoms with Gasteiger partial charge in [0.15, 0.2) is 11.5 Å². The van der Waals surface area contributed by atoms with Gasteiger partial charge in [-0.15, -0.1) is 0 Å². The van der Waals surface area contributed by atoms with Crippen molar-refractivity contribution in [3.8, 4) is 17.2 Å². The predicted molar refractivity (Wildman–Crippen MR) is 96.9 cm³/mol. The van der Waals surface area contributed by atoms with E-state index in [1.165, 1.54) is 33.5 Å². The molecule has 0 saturated carbocycles. The zero-order chi connectivity index (χ0) is 19.6. The molecule has 0 aromatic heterocycles. The van der Waals surface area contributed by atoms with Crippen molar-refractivity contribution in [3.63, 3.8) is 0 Å². The first-order chi connectivity index (χ1) is 12.9. The quantitative estimate of drug-likeness (QED) is 0.870. The van der Waals surface area contributed by atoms with Crippen LogP contribution in [0.5, 0.6) is 17.2 Å². The Labute approximate surface area is 157 Å². The van der Waals surface area contributed by atoms with Crippen molar-refractivity contribution in [2.45, 2.75) is 12.0 Å². The lowest BCUT2D eigenvalue weighted by Gasteiger charge is -2.24. The number of carbonyl (C=O) groups excluding carboxylic acids is 1. The Morgan fingerprint density at radius 2 is 1.67 bits per heavy atom. The molecule has 0 radical (unpaired) electrons. The molecule has 144 valence electrons. The van der Waals surface area contributed by atoms with E-state index in [4.69, 9.17) is 14.2 Å². The Bertz CT molecular complexity index is 814. The van der Waals surface area contributed by atoms with Crippen molar-refractivity contribution in [2.24, 2.45) is 0 Å². The van der Waals surface area contributed by atoms with Gasteiger partial charge in [0, 0.05) is 12.1 Å². The summed E-state index contributed by atoms with van der Waals surface area (Å²) in [5.74, 6) is 0.542. The molecule has 0 bridgehead atoms. The molecule has 1 unspecified atom stereocenters. The molecule has 2 aromatic carbocycles. The summed E-state index contributed by atoms with van der Waals surface area (Å²) in [5.41, 5.74) is -0.249. The molecular weight excluding hydrogens is 353 g/mol. The Morgan fingerprint density at radius 3 is 2.19 bits per heavy atom. The maximum Gasteiger partial charge on any atom is 0.254 e. The highest BCUT2D eigenvalue weighted by Crippen LogP contribution is 2.39. The number of ether oxygens (including phenoxy) is 3. The summed E-state index contributed by atoms with van der Waals surface area (Å²) >= 11 is 0. The van der Waals surface area contributed by atoms with Crippen LogP contribution in [0.4, 0.5) is 4.39 Å². The fourth-order valence-corrected chi connectivity index (χ4v) is 3.35. The van der Waals surface area contributed by atoms with E-state index in [-0.39, 0.29) is 18.3 Å². The third-order valence-corrected chi connectivity index (χ3v) is 4.83. The molecule has 3 rings (SSSR count). The number of rotatable bonds is 5. The van der Waals surface area contributed by atoms with Gasteiger partial charge in [-0.2, -0.15) is 0 Å². The number of hydrogen-bond acceptors (Lipinski definition) is 5. The van der Waals surface area contributed by atoms with Gasteiger partial charge < -0.3 is 24.2 Å². The van der Waals surface area contributed by atoms with Crippen LogP contribution >= 0.6 is 0 Å². The molecule has 1 aliphatic heterocycles. The van der Waals surface area contributed by atoms with Crippen molar-refractivity contribution in [1.82, 2.24) is 4.90 Å². The van der Waals surface area contributed by atoms with Gasteiger partial charge in [-0.1, -0.05) is 12.1 Å². The van der Waals surface area contributed by atoms with E-state index in [9.17, 15) is 14.3 Å². The molecule has 2 aromatic rings. The summed E-state index contributed by atoms with van der Waals surface area (Å²) in [4.78, 5) is 14.5. The van der Waals surface area contributed by atoms with Crippen LogP contribution in [0.3, 0.4) is 0 Å². The number of hydrogen-bond donors (Lipinski definition) is 1. The summed E-state index contributed by atoms with van der Waals surface area (Å²) in [6, 6.07) is 8.86. The SMILES string of the molecule is COc1cc(C(=O)N2CCC(O)(c3ccc(F)cc3)C2)cc(OC)c1OC. The average molecular weight is 375 g/mol. The standard InChI is InChI=1S/C20H22FNO5/c1-25-16-10-13(11-17(26-2)18(16)27-3)19(23)22-9-8-20(24,12-22)14-4-6-15(21)7-5-14/h4-7,10-11,24H,8-9,12H2,1-3H3. The highest BCUT2D eigenvalue weighted by atomic mass is 19.1. The molecule has 1 amide bonds. The van der Waals surface area contributed by atoms with Crippen molar-refractivity contribution in [2.75, 3.05) is 34.4 Å². The second kappa shape index (κ2) is 7.44. The maximum absolute atomic E-state index is 13.1. The van der Waals surface area contributed by atoms with Gasteiger partial charge >= 0.3 is 0 Å². The lowest BCUT2D eigenvalue weighted by Crippen LogP contribution is -2.34. The van der Waals surface area contributed by atoms with Crippen LogP contribution in [0.1, 0.15) is 22.3 Å². The fraction of sp³-hybridized carbons (Fsp3) is 0.350. The highest BCUT2D eigenvalue weighted by molar-refractivity contribution is 5.96. The fourth-order valence-electron chi connectivity index (χ4n) is 3.35. The van der Waals surface area contributed by atoms with E-state index < -0.39 is 5.60 Å². The van der Waals surface area contributed by atoms with Crippen LogP contribution in [-0.2, 0) is 5.60 Å². The van der Waals surface area contributed by atoms with Crippen LogP contribution in [0.15, 0.2) is 36.4 Å². The van der Waals surface area contributed by atoms with Gasteiger partial charge in [0.2, 0.25) is 5.75 Å². The van der Waals surface area contributed by atoms with Gasteiger partial charge in [-0.25, -0.2) is 4.39 Å². The number of carbonyl (C=O) groups is 1. The zero-order valence-electron chi connectivity index (χ0n) is 15.5. The number of benzene rings is 2. The number of halogens is 1. The number of nitrogens with zero attached hydrogens (tertiary/aromatic N) is 1. The Balaban J connectivity index is 1.86. The average Bonchev–Trinajstić information content (AvgIpc) is 3.09. The Morgan fingerprint density at radius 1 is 1.07 bits per heavy atom. The van der Waals surface area contributed by atoms with Crippen LogP contribution in [0, 0.1) is 5.82 Å². The second-order valence-electron chi connectivity index (χ2n) is 6.43. The lowest BCUT2D eigenvalue weighted by molar-refractivity contribution is 0.0416. The molecule has 1 fully saturated rings. The van der Waals surface area contributed by atoms with E-state index in [0.717, 1.165) is 0 Å². The molecule has 0 spiro atoms. The number of likely N-dealkylation sites (tertiary alicyclic amines) is 1. The second-order valence-corrected chi connectivity index (χ2v) is 6.43. The third-order valence-electron chi connectivity index (χ3n) is 4.83. The van der Waals surface area contributed by atoms with Crippen molar-refractivity contribution in [1.29, 1.82) is 0 Å². The number of β-amino-alcohol motifs (C(OH)–C–C–N with tert-alkyl or cyclic N) is 1. The molecule has 6 nitrogen and oxygen atoms in total. The monoisotopic (exact) mass is 375 g/mol. The summed E-state index contributed by atoms with van der Waals surface area (Å²) in [6.45, 7) is 0.498. The van der Waals surface area contributed by atoms with Crippen LogP contribution in [0.25, 0.3) is 0 Å². The van der Waals surface area contributed by atoms with Crippen LogP contribution < -0.4 is 14.2 Å². The maximum atomic E-state index is 13.1. The van der Waals surface area contributed by atoms with E-state index in [0.29, 0.717) is 41.3 Å². The van der Waals surface area contributed by atoms with Gasteiger partial charge in [0.1, 0.15) is 11.4 Å². The van der Waals surface area contributed by atoms with E-state index >= 15 is 0 Å². The minimum Gasteiger partial charge on any atom is -0.493 e. The molecular formula is C20H22FNO5. The smallest absolute Gasteiger partial charge is 0.254 e. The van der Waals surface area contributed by atoms with Gasteiger partial charge in [-0.3, -0.25) is 4.79 Å². The first-order valence-electron chi connectivity index (χ1n) is 8.49. The first kappa shape index (κ1) is 19.0. The zero-order valence-corrected chi connectivity index (χ0v) is 15.5. The molecule has 1 heterocycles. The topological polar surface area (TPSA) is 68.2 Å². The van der Waals surface area contributed by atoms with Crippen molar-refractivity contribution >= 4 is 5.91 Å². The van der Waals surface area contributed by atoms with Crippen molar-refractivity contribution < 1.29 is 28.5 Å². The van der Waals surface area contributed by atoms with Crippen molar-refractivity contribution in [3.05, 3.63) is 53.3 Å². The van der Waals surface area contributed by atoms with Gasteiger partial charge in [0.25, 0.3) is 5.91 Å². The molecule has 1 saturated heterocycles. The van der Waals surface area contributed by atoms with E-state index in [1.807, 2.05) is 0 Å². The van der Waals surface area contributed by atoms with E-state index in [2.05, 4.69) is 0 Å². The number of amides is 1. The predicted octanol–water partition coefficient (Wildman–Crippen LogP) is 2.59. The normalized spacial score (nSPS) is 19.1. The minimum absolute atomic E-state index is 0.119. The number of aliphatic hydroxyl groups is 1. The molecule has 1 aliphatic rings. The Hall–Kier alpha value is -2.80. The third kappa shape index (κ3) is 3.55.